The molecular weight excluding hydrogens is 272 g/mol. The van der Waals surface area contributed by atoms with E-state index in [0.29, 0.717) is 11.1 Å². The lowest BCUT2D eigenvalue weighted by molar-refractivity contribution is -0.117. The fourth-order valence-corrected chi connectivity index (χ4v) is 2.34. The number of carbonyl (C=O) groups is 1. The molecule has 0 saturated heterocycles. The van der Waals surface area contributed by atoms with E-state index in [1.807, 2.05) is 19.2 Å². The van der Waals surface area contributed by atoms with Crippen LogP contribution in [0, 0.1) is 11.3 Å². The van der Waals surface area contributed by atoms with Gasteiger partial charge in [-0.1, -0.05) is 18.2 Å². The van der Waals surface area contributed by atoms with Crippen molar-refractivity contribution in [2.75, 3.05) is 12.9 Å². The van der Waals surface area contributed by atoms with Crippen LogP contribution in [0.2, 0.25) is 0 Å². The van der Waals surface area contributed by atoms with Gasteiger partial charge in [0, 0.05) is 17.4 Å². The third kappa shape index (κ3) is 4.72. The number of benzene rings is 1. The van der Waals surface area contributed by atoms with Gasteiger partial charge in [0.2, 0.25) is 5.91 Å². The highest BCUT2D eigenvalue weighted by atomic mass is 32.2. The van der Waals surface area contributed by atoms with Gasteiger partial charge in [0.15, 0.2) is 0 Å². The number of nitriles is 1. The molecule has 20 heavy (non-hydrogen) atoms. The Labute approximate surface area is 123 Å². The molecule has 0 saturated carbocycles. The number of aliphatic hydroxyl groups excluding tert-OH is 1. The van der Waals surface area contributed by atoms with Crippen molar-refractivity contribution >= 4 is 23.7 Å². The first kappa shape index (κ1) is 16.3. The molecule has 0 heterocycles. The van der Waals surface area contributed by atoms with Gasteiger partial charge in [-0.15, -0.1) is 0 Å². The molecule has 2 N–H and O–H groups in total. The molecule has 1 aromatic rings. The van der Waals surface area contributed by atoms with E-state index in [0.717, 1.165) is 0 Å². The lowest BCUT2D eigenvalue weighted by Gasteiger charge is -2.20. The van der Waals surface area contributed by atoms with E-state index in [4.69, 9.17) is 10.4 Å². The molecule has 106 valence electrons. The van der Waals surface area contributed by atoms with Crippen LogP contribution < -0.4 is 5.32 Å². The summed E-state index contributed by atoms with van der Waals surface area (Å²) >= 11 is 1.51. The van der Waals surface area contributed by atoms with Crippen molar-refractivity contribution < 1.29 is 9.90 Å². The van der Waals surface area contributed by atoms with Gasteiger partial charge in [-0.25, -0.2) is 0 Å². The van der Waals surface area contributed by atoms with E-state index >= 15 is 0 Å². The second kappa shape index (κ2) is 8.41. The van der Waals surface area contributed by atoms with Gasteiger partial charge in [0.1, 0.15) is 0 Å². The lowest BCUT2D eigenvalue weighted by Crippen LogP contribution is -2.40. The maximum atomic E-state index is 11.8. The largest absolute Gasteiger partial charge is 0.395 e. The molecule has 0 bridgehead atoms. The van der Waals surface area contributed by atoms with Gasteiger partial charge < -0.3 is 10.4 Å². The Bertz CT molecular complexity index is 519. The molecule has 0 radical (unpaired) electrons. The minimum absolute atomic E-state index is 0.0175. The van der Waals surface area contributed by atoms with E-state index in [1.165, 1.54) is 17.8 Å². The smallest absolute Gasteiger partial charge is 0.244 e. The second-order valence-electron chi connectivity index (χ2n) is 4.29. The SMILES string of the molecule is CSC(CO)C(C)NC(=O)C=Cc1ccccc1C#N. The summed E-state index contributed by atoms with van der Waals surface area (Å²) in [7, 11) is 0. The van der Waals surface area contributed by atoms with Crippen LogP contribution in [0.3, 0.4) is 0 Å². The molecule has 2 unspecified atom stereocenters. The number of aliphatic hydroxyl groups is 1. The molecule has 1 rings (SSSR count). The topological polar surface area (TPSA) is 73.1 Å². The van der Waals surface area contributed by atoms with E-state index in [9.17, 15) is 4.79 Å². The van der Waals surface area contributed by atoms with Gasteiger partial charge in [0.05, 0.1) is 18.2 Å². The van der Waals surface area contributed by atoms with Crippen molar-refractivity contribution in [3.05, 3.63) is 41.5 Å². The molecule has 4 nitrogen and oxygen atoms in total. The first-order valence-electron chi connectivity index (χ1n) is 6.23. The van der Waals surface area contributed by atoms with Gasteiger partial charge in [-0.05, 0) is 30.9 Å². The fraction of sp³-hybridized carbons (Fsp3) is 0.333. The zero-order valence-corrected chi connectivity index (χ0v) is 12.4. The number of thioether (sulfide) groups is 1. The van der Waals surface area contributed by atoms with E-state index in [1.54, 1.807) is 24.3 Å². The van der Waals surface area contributed by atoms with Gasteiger partial charge in [-0.2, -0.15) is 17.0 Å². The van der Waals surface area contributed by atoms with Crippen molar-refractivity contribution in [2.24, 2.45) is 0 Å². The highest BCUT2D eigenvalue weighted by molar-refractivity contribution is 7.99. The van der Waals surface area contributed by atoms with E-state index in [2.05, 4.69) is 11.4 Å². The minimum Gasteiger partial charge on any atom is -0.395 e. The molecule has 0 fully saturated rings. The average molecular weight is 290 g/mol. The van der Waals surface area contributed by atoms with Gasteiger partial charge >= 0.3 is 0 Å². The molecule has 1 amide bonds. The van der Waals surface area contributed by atoms with Crippen molar-refractivity contribution in [1.82, 2.24) is 5.32 Å². The highest BCUT2D eigenvalue weighted by Crippen LogP contribution is 2.11. The quantitative estimate of drug-likeness (QED) is 0.784. The summed E-state index contributed by atoms with van der Waals surface area (Å²) in [5.74, 6) is -0.238. The van der Waals surface area contributed by atoms with E-state index in [-0.39, 0.29) is 23.8 Å². The molecule has 0 aliphatic heterocycles. The van der Waals surface area contributed by atoms with Crippen LogP contribution in [0.1, 0.15) is 18.1 Å². The highest BCUT2D eigenvalue weighted by Gasteiger charge is 2.16. The lowest BCUT2D eigenvalue weighted by atomic mass is 10.1. The Morgan fingerprint density at radius 1 is 1.55 bits per heavy atom. The van der Waals surface area contributed by atoms with Crippen LogP contribution in [-0.2, 0) is 4.79 Å². The number of amides is 1. The van der Waals surface area contributed by atoms with Crippen LogP contribution in [0.15, 0.2) is 30.3 Å². The molecule has 0 aliphatic rings. The monoisotopic (exact) mass is 290 g/mol. The summed E-state index contributed by atoms with van der Waals surface area (Å²) in [6, 6.07) is 9.03. The molecule has 5 heteroatoms. The summed E-state index contributed by atoms with van der Waals surface area (Å²) in [4.78, 5) is 11.8. The van der Waals surface area contributed by atoms with Gasteiger partial charge in [-0.3, -0.25) is 4.79 Å². The molecule has 0 spiro atoms. The maximum Gasteiger partial charge on any atom is 0.244 e. The number of nitrogens with zero attached hydrogens (tertiary/aromatic N) is 1. The summed E-state index contributed by atoms with van der Waals surface area (Å²) in [5, 5.41) is 20.9. The second-order valence-corrected chi connectivity index (χ2v) is 5.36. The summed E-state index contributed by atoms with van der Waals surface area (Å²) in [6.07, 6.45) is 4.91. The van der Waals surface area contributed by atoms with Crippen LogP contribution in [0.4, 0.5) is 0 Å². The zero-order chi connectivity index (χ0) is 15.0. The maximum absolute atomic E-state index is 11.8. The van der Waals surface area contributed by atoms with Crippen LogP contribution in [0.5, 0.6) is 0 Å². The van der Waals surface area contributed by atoms with Crippen LogP contribution in [0.25, 0.3) is 6.08 Å². The normalized spacial score (nSPS) is 13.7. The van der Waals surface area contributed by atoms with Crippen LogP contribution >= 0.6 is 11.8 Å². The molecule has 0 aliphatic carbocycles. The Morgan fingerprint density at radius 2 is 2.25 bits per heavy atom. The van der Waals surface area contributed by atoms with Crippen molar-refractivity contribution in [1.29, 1.82) is 5.26 Å². The Hall–Kier alpha value is -1.77. The minimum atomic E-state index is -0.238. The summed E-state index contributed by atoms with van der Waals surface area (Å²) in [6.45, 7) is 1.87. The third-order valence-electron chi connectivity index (χ3n) is 2.91. The number of nitrogens with one attached hydrogen (secondary N) is 1. The fourth-order valence-electron chi connectivity index (χ4n) is 1.71. The van der Waals surface area contributed by atoms with Crippen molar-refractivity contribution in [3.63, 3.8) is 0 Å². The number of rotatable bonds is 6. The number of carbonyl (C=O) groups excluding carboxylic acids is 1. The Balaban J connectivity index is 2.67. The summed E-state index contributed by atoms with van der Waals surface area (Å²) < 4.78 is 0. The first-order chi connectivity index (χ1) is 9.62. The Morgan fingerprint density at radius 3 is 2.85 bits per heavy atom. The predicted molar refractivity (Wildman–Crippen MR) is 82.2 cm³/mol. The summed E-state index contributed by atoms with van der Waals surface area (Å²) in [5.41, 5.74) is 1.24. The van der Waals surface area contributed by atoms with Gasteiger partial charge in [0.25, 0.3) is 0 Å². The standard InChI is InChI=1S/C15H18N2O2S/c1-11(14(10-18)20-2)17-15(19)8-7-12-5-3-4-6-13(12)9-16/h3-8,11,14,18H,10H2,1-2H3,(H,17,19). The molecule has 0 aromatic heterocycles. The number of hydrogen-bond donors (Lipinski definition) is 2. The third-order valence-corrected chi connectivity index (χ3v) is 4.07. The molecular formula is C15H18N2O2S. The average Bonchev–Trinajstić information content (AvgIpc) is 2.46. The number of hydrogen-bond acceptors (Lipinski definition) is 4. The van der Waals surface area contributed by atoms with E-state index < -0.39 is 0 Å². The zero-order valence-electron chi connectivity index (χ0n) is 11.5. The predicted octanol–water partition coefficient (Wildman–Crippen LogP) is 1.80. The molecule has 2 atom stereocenters. The molecule has 1 aromatic carbocycles. The first-order valence-corrected chi connectivity index (χ1v) is 7.52. The van der Waals surface area contributed by atoms with Crippen LogP contribution in [-0.4, -0.2) is 35.2 Å². The van der Waals surface area contributed by atoms with Crippen molar-refractivity contribution in [2.45, 2.75) is 18.2 Å². The Kier molecular flexibility index (Phi) is 6.85. The van der Waals surface area contributed by atoms with Crippen molar-refractivity contribution in [3.8, 4) is 6.07 Å².